The number of ketones is 1. The Labute approximate surface area is 89.7 Å². The van der Waals surface area contributed by atoms with E-state index in [-0.39, 0.29) is 5.78 Å². The van der Waals surface area contributed by atoms with Crippen molar-refractivity contribution in [3.63, 3.8) is 0 Å². The number of rotatable bonds is 1. The van der Waals surface area contributed by atoms with Gasteiger partial charge in [-0.2, -0.15) is 0 Å². The molecule has 0 unspecified atom stereocenters. The van der Waals surface area contributed by atoms with Crippen LogP contribution in [0.4, 0.5) is 0 Å². The van der Waals surface area contributed by atoms with E-state index in [1.54, 1.807) is 19.0 Å². The summed E-state index contributed by atoms with van der Waals surface area (Å²) < 4.78 is 5.36. The van der Waals surface area contributed by atoms with Gasteiger partial charge < -0.3 is 9.64 Å². The fraction of sp³-hybridized carbons (Fsp3) is 0.600. The Morgan fingerprint density at radius 2 is 2.07 bits per heavy atom. The van der Waals surface area contributed by atoms with Crippen LogP contribution < -0.4 is 0 Å². The van der Waals surface area contributed by atoms with Crippen molar-refractivity contribution in [3.8, 4) is 0 Å². The lowest BCUT2D eigenvalue weighted by Gasteiger charge is -2.20. The summed E-state index contributed by atoms with van der Waals surface area (Å²) in [6.45, 7) is 1.92. The second-order valence-electron chi connectivity index (χ2n) is 3.65. The molecule has 0 radical (unpaired) electrons. The molecule has 0 atom stereocenters. The van der Waals surface area contributed by atoms with Crippen LogP contribution in [0.15, 0.2) is 11.3 Å². The molecule has 0 aromatic carbocycles. The predicted octanol–water partition coefficient (Wildman–Crippen LogP) is 1.88. The Balaban J connectivity index is 2.75. The van der Waals surface area contributed by atoms with E-state index in [1.165, 1.54) is 0 Å². The number of hydrogen-bond donors (Lipinski definition) is 0. The molecule has 0 amide bonds. The third-order valence-corrected chi connectivity index (χ3v) is 2.60. The summed E-state index contributed by atoms with van der Waals surface area (Å²) in [5.74, 6) is 0.521. The van der Waals surface area contributed by atoms with Gasteiger partial charge in [-0.3, -0.25) is 4.79 Å². The van der Waals surface area contributed by atoms with E-state index in [9.17, 15) is 4.79 Å². The van der Waals surface area contributed by atoms with Crippen LogP contribution in [0.1, 0.15) is 26.2 Å². The number of Topliss-reactive ketones (excluding diaryl/α,β-unsaturated/α-hetero) is 1. The number of hydrogen-bond acceptors (Lipinski definition) is 3. The highest BCUT2D eigenvalue weighted by atomic mass is 32.1. The molecule has 14 heavy (non-hydrogen) atoms. The molecule has 0 aromatic heterocycles. The van der Waals surface area contributed by atoms with Gasteiger partial charge in [-0.05, 0) is 37.6 Å². The molecule has 0 spiro atoms. The van der Waals surface area contributed by atoms with Crippen molar-refractivity contribution in [3.05, 3.63) is 11.3 Å². The minimum absolute atomic E-state index is 0.0675. The Kier molecular flexibility index (Phi) is 3.63. The highest BCUT2D eigenvalue weighted by Gasteiger charge is 2.21. The quantitative estimate of drug-likeness (QED) is 0.622. The van der Waals surface area contributed by atoms with Crippen LogP contribution in [-0.4, -0.2) is 30.0 Å². The molecule has 0 bridgehead atoms. The lowest BCUT2D eigenvalue weighted by atomic mass is 9.98. The van der Waals surface area contributed by atoms with Gasteiger partial charge in [-0.25, -0.2) is 0 Å². The fourth-order valence-corrected chi connectivity index (χ4v) is 1.39. The molecule has 0 saturated carbocycles. The van der Waals surface area contributed by atoms with Gasteiger partial charge in [-0.1, -0.05) is 0 Å². The standard InChI is InChI=1S/C10H15NO2S/c1-7-5-4-6-8(12)9(7)13-10(14)11(2)3/h4-6H2,1-3H3. The first-order valence-corrected chi connectivity index (χ1v) is 5.05. The summed E-state index contributed by atoms with van der Waals surface area (Å²) in [6, 6.07) is 0. The van der Waals surface area contributed by atoms with E-state index < -0.39 is 0 Å². The molecule has 0 N–H and O–H groups in total. The molecular weight excluding hydrogens is 198 g/mol. The van der Waals surface area contributed by atoms with Gasteiger partial charge in [0, 0.05) is 20.5 Å². The molecule has 0 saturated heterocycles. The van der Waals surface area contributed by atoms with Crippen molar-refractivity contribution in [2.75, 3.05) is 14.1 Å². The zero-order valence-electron chi connectivity index (χ0n) is 8.79. The van der Waals surface area contributed by atoms with E-state index in [2.05, 4.69) is 0 Å². The van der Waals surface area contributed by atoms with Crippen LogP contribution in [-0.2, 0) is 9.53 Å². The first-order chi connectivity index (χ1) is 6.52. The fourth-order valence-electron chi connectivity index (χ4n) is 1.30. The minimum atomic E-state index is 0.0675. The molecule has 1 rings (SSSR count). The van der Waals surface area contributed by atoms with Gasteiger partial charge in [-0.15, -0.1) is 0 Å². The second-order valence-corrected chi connectivity index (χ2v) is 4.00. The van der Waals surface area contributed by atoms with Crippen molar-refractivity contribution in [1.82, 2.24) is 4.90 Å². The van der Waals surface area contributed by atoms with Gasteiger partial charge in [0.1, 0.15) is 0 Å². The van der Waals surface area contributed by atoms with Gasteiger partial charge in [0.25, 0.3) is 5.17 Å². The summed E-state index contributed by atoms with van der Waals surface area (Å²) in [6.07, 6.45) is 2.42. The molecule has 78 valence electrons. The Hall–Kier alpha value is -0.900. The van der Waals surface area contributed by atoms with E-state index >= 15 is 0 Å². The van der Waals surface area contributed by atoms with Crippen molar-refractivity contribution < 1.29 is 9.53 Å². The van der Waals surface area contributed by atoms with Crippen molar-refractivity contribution >= 4 is 23.2 Å². The average molecular weight is 213 g/mol. The van der Waals surface area contributed by atoms with Crippen molar-refractivity contribution in [2.24, 2.45) is 0 Å². The summed E-state index contributed by atoms with van der Waals surface area (Å²) in [4.78, 5) is 13.2. The van der Waals surface area contributed by atoms with Crippen LogP contribution in [0.5, 0.6) is 0 Å². The van der Waals surface area contributed by atoms with E-state index in [1.807, 2.05) is 6.92 Å². The first kappa shape index (κ1) is 11.2. The van der Waals surface area contributed by atoms with Crippen LogP contribution in [0.25, 0.3) is 0 Å². The van der Waals surface area contributed by atoms with Gasteiger partial charge >= 0.3 is 0 Å². The maximum Gasteiger partial charge on any atom is 0.264 e. The van der Waals surface area contributed by atoms with Crippen LogP contribution in [0, 0.1) is 0 Å². The van der Waals surface area contributed by atoms with E-state index in [4.69, 9.17) is 17.0 Å². The zero-order chi connectivity index (χ0) is 10.7. The van der Waals surface area contributed by atoms with Crippen molar-refractivity contribution in [1.29, 1.82) is 0 Å². The average Bonchev–Trinajstić information content (AvgIpc) is 2.11. The molecule has 0 aliphatic heterocycles. The summed E-state index contributed by atoms with van der Waals surface area (Å²) >= 11 is 4.98. The van der Waals surface area contributed by atoms with E-state index in [0.29, 0.717) is 17.4 Å². The third-order valence-electron chi connectivity index (χ3n) is 2.15. The molecule has 0 fully saturated rings. The van der Waals surface area contributed by atoms with Crippen LogP contribution >= 0.6 is 12.2 Å². The molecule has 4 heteroatoms. The normalized spacial score (nSPS) is 16.9. The smallest absolute Gasteiger partial charge is 0.264 e. The molecule has 1 aliphatic rings. The molecular formula is C10H15NO2S. The SMILES string of the molecule is CC1=C(OC(=S)N(C)C)C(=O)CCC1. The number of ether oxygens (including phenoxy) is 1. The highest BCUT2D eigenvalue weighted by molar-refractivity contribution is 7.80. The second kappa shape index (κ2) is 4.55. The highest BCUT2D eigenvalue weighted by Crippen LogP contribution is 2.22. The van der Waals surface area contributed by atoms with E-state index in [0.717, 1.165) is 18.4 Å². The lowest BCUT2D eigenvalue weighted by molar-refractivity contribution is -0.118. The summed E-state index contributed by atoms with van der Waals surface area (Å²) in [5, 5.41) is 0.342. The van der Waals surface area contributed by atoms with Gasteiger partial charge in [0.2, 0.25) is 0 Å². The number of carbonyl (C=O) groups is 1. The largest absolute Gasteiger partial charge is 0.428 e. The predicted molar refractivity (Wildman–Crippen MR) is 58.9 cm³/mol. The van der Waals surface area contributed by atoms with Gasteiger partial charge in [0.05, 0.1) is 0 Å². The molecule has 0 aromatic rings. The number of thiocarbonyl (C=S) groups is 1. The Morgan fingerprint density at radius 1 is 1.43 bits per heavy atom. The molecule has 3 nitrogen and oxygen atoms in total. The maximum atomic E-state index is 11.5. The Bertz CT molecular complexity index is 294. The third kappa shape index (κ3) is 2.54. The molecule has 1 aliphatic carbocycles. The first-order valence-electron chi connectivity index (χ1n) is 4.64. The van der Waals surface area contributed by atoms with Gasteiger partial charge in [0.15, 0.2) is 11.5 Å². The summed E-state index contributed by atoms with van der Waals surface area (Å²) in [5.41, 5.74) is 1.01. The topological polar surface area (TPSA) is 29.5 Å². The summed E-state index contributed by atoms with van der Waals surface area (Å²) in [7, 11) is 3.59. The molecule has 0 heterocycles. The number of allylic oxidation sites excluding steroid dienone is 2. The zero-order valence-corrected chi connectivity index (χ0v) is 9.61. The monoisotopic (exact) mass is 213 g/mol. The Morgan fingerprint density at radius 3 is 2.57 bits per heavy atom. The van der Waals surface area contributed by atoms with Crippen LogP contribution in [0.3, 0.4) is 0 Å². The minimum Gasteiger partial charge on any atom is -0.428 e. The number of nitrogens with zero attached hydrogens (tertiary/aromatic N) is 1. The number of carbonyl (C=O) groups excluding carboxylic acids is 1. The van der Waals surface area contributed by atoms with Crippen molar-refractivity contribution in [2.45, 2.75) is 26.2 Å². The maximum absolute atomic E-state index is 11.5. The van der Waals surface area contributed by atoms with Crippen LogP contribution in [0.2, 0.25) is 0 Å². The lowest BCUT2D eigenvalue weighted by Crippen LogP contribution is -2.25.